The molecular weight excluding hydrogens is 503 g/mol. The number of amides is 4. The number of alkyl halides is 3. The van der Waals surface area contributed by atoms with Crippen molar-refractivity contribution in [1.82, 2.24) is 15.3 Å². The number of imide groups is 1. The number of nitrogens with zero attached hydrogens (tertiary/aromatic N) is 2. The van der Waals surface area contributed by atoms with Gasteiger partial charge in [0.2, 0.25) is 5.91 Å². The maximum absolute atomic E-state index is 12.8. The number of halogens is 3. The number of hydroxylamine groups is 2. The van der Waals surface area contributed by atoms with E-state index in [1.54, 1.807) is 18.2 Å². The molecule has 0 aromatic heterocycles. The van der Waals surface area contributed by atoms with Gasteiger partial charge < -0.3 is 24.5 Å². The number of carbonyl (C=O) groups is 5. The van der Waals surface area contributed by atoms with Crippen molar-refractivity contribution < 1.29 is 51.5 Å². The third-order valence-electron chi connectivity index (χ3n) is 5.65. The highest BCUT2D eigenvalue weighted by Gasteiger charge is 2.43. The summed E-state index contributed by atoms with van der Waals surface area (Å²) in [7, 11) is 0. The number of benzene rings is 1. The van der Waals surface area contributed by atoms with Gasteiger partial charge in [-0.3, -0.25) is 19.2 Å². The number of likely N-dealkylation sites (N-methyl/N-ethyl adjacent to an activating group) is 1. The third-order valence-corrected chi connectivity index (χ3v) is 5.65. The van der Waals surface area contributed by atoms with E-state index in [0.29, 0.717) is 22.1 Å². The van der Waals surface area contributed by atoms with Crippen molar-refractivity contribution in [1.29, 1.82) is 0 Å². The molecule has 37 heavy (non-hydrogen) atoms. The topological polar surface area (TPSA) is 132 Å². The number of hydrogen-bond acceptors (Lipinski definition) is 8. The highest BCUT2D eigenvalue weighted by Crippen LogP contribution is 2.35. The Morgan fingerprint density at radius 2 is 1.78 bits per heavy atom. The lowest BCUT2D eigenvalue weighted by Gasteiger charge is -2.28. The molecule has 1 aromatic rings. The number of ether oxygens (including phenoxy) is 2. The molecule has 3 rings (SSSR count). The van der Waals surface area contributed by atoms with E-state index in [1.807, 2.05) is 0 Å². The van der Waals surface area contributed by atoms with Crippen molar-refractivity contribution in [3.63, 3.8) is 0 Å². The lowest BCUT2D eigenvalue weighted by atomic mass is 10.0. The van der Waals surface area contributed by atoms with Crippen LogP contribution in [0.3, 0.4) is 0 Å². The monoisotopic (exact) mass is 529 g/mol. The van der Waals surface area contributed by atoms with Gasteiger partial charge in [-0.05, 0) is 38.0 Å². The quantitative estimate of drug-likeness (QED) is 0.453. The Balaban J connectivity index is 1.44. The molecule has 1 N–H and O–H groups in total. The maximum Gasteiger partial charge on any atom is 0.471 e. The Hall–Kier alpha value is -3.84. The molecule has 2 aliphatic rings. The molecule has 2 atom stereocenters. The fraction of sp³-hybridized carbons (Fsp3) is 0.522. The Bertz CT molecular complexity index is 1060. The predicted molar refractivity (Wildman–Crippen MR) is 118 cm³/mol. The van der Waals surface area contributed by atoms with Gasteiger partial charge in [0.15, 0.2) is 11.5 Å². The molecule has 1 fully saturated rings. The summed E-state index contributed by atoms with van der Waals surface area (Å²) in [6, 6.07) is 4.10. The van der Waals surface area contributed by atoms with E-state index >= 15 is 0 Å². The number of hydrogen-bond donors (Lipinski definition) is 1. The summed E-state index contributed by atoms with van der Waals surface area (Å²) in [6.45, 7) is 2.82. The number of carbonyl (C=O) groups excluding carboxylic acids is 5. The van der Waals surface area contributed by atoms with E-state index in [1.165, 1.54) is 13.8 Å². The van der Waals surface area contributed by atoms with Crippen LogP contribution in [-0.2, 0) is 35.2 Å². The summed E-state index contributed by atoms with van der Waals surface area (Å²) in [4.78, 5) is 63.8. The van der Waals surface area contributed by atoms with Crippen LogP contribution in [0.15, 0.2) is 18.2 Å². The lowest BCUT2D eigenvalue weighted by molar-refractivity contribution is -0.197. The molecule has 1 aromatic carbocycles. The molecule has 1 saturated heterocycles. The molecule has 11 nitrogen and oxygen atoms in total. The summed E-state index contributed by atoms with van der Waals surface area (Å²) < 4.78 is 49.7. The molecule has 0 spiro atoms. The van der Waals surface area contributed by atoms with E-state index in [4.69, 9.17) is 9.47 Å². The van der Waals surface area contributed by atoms with Crippen LogP contribution in [0.5, 0.6) is 11.5 Å². The van der Waals surface area contributed by atoms with Crippen LogP contribution < -0.4 is 14.8 Å². The normalized spacial score (nSPS) is 17.5. The summed E-state index contributed by atoms with van der Waals surface area (Å²) in [5.74, 6) is -3.86. The molecule has 2 heterocycles. The highest BCUT2D eigenvalue weighted by atomic mass is 19.4. The van der Waals surface area contributed by atoms with Crippen molar-refractivity contribution in [3.05, 3.63) is 23.8 Å². The maximum atomic E-state index is 12.8. The van der Waals surface area contributed by atoms with E-state index in [9.17, 15) is 37.1 Å². The molecule has 4 amide bonds. The Kier molecular flexibility index (Phi) is 8.61. The van der Waals surface area contributed by atoms with Crippen molar-refractivity contribution >= 4 is 29.6 Å². The van der Waals surface area contributed by atoms with Crippen LogP contribution >= 0.6 is 0 Å². The molecule has 2 unspecified atom stereocenters. The number of nitrogens with one attached hydrogen (secondary N) is 1. The molecule has 14 heteroatoms. The molecule has 202 valence electrons. The van der Waals surface area contributed by atoms with Crippen LogP contribution in [0, 0.1) is 0 Å². The van der Waals surface area contributed by atoms with Gasteiger partial charge in [0, 0.05) is 31.8 Å². The molecule has 0 saturated carbocycles. The molecular formula is C23H26F3N3O8. The van der Waals surface area contributed by atoms with E-state index in [2.05, 4.69) is 10.2 Å². The summed E-state index contributed by atoms with van der Waals surface area (Å²) in [5, 5.41) is 2.93. The first-order valence-electron chi connectivity index (χ1n) is 11.6. The average Bonchev–Trinajstić information content (AvgIpc) is 3.38. The van der Waals surface area contributed by atoms with E-state index in [-0.39, 0.29) is 45.2 Å². The van der Waals surface area contributed by atoms with Gasteiger partial charge in [-0.15, -0.1) is 5.06 Å². The van der Waals surface area contributed by atoms with Gasteiger partial charge >= 0.3 is 18.1 Å². The van der Waals surface area contributed by atoms with Crippen molar-refractivity contribution in [2.24, 2.45) is 0 Å². The van der Waals surface area contributed by atoms with Gasteiger partial charge in [0.1, 0.15) is 0 Å². The first-order valence-corrected chi connectivity index (χ1v) is 11.6. The van der Waals surface area contributed by atoms with Crippen LogP contribution in [0.1, 0.15) is 45.1 Å². The van der Waals surface area contributed by atoms with Gasteiger partial charge in [0.05, 0.1) is 13.0 Å². The standard InChI is InChI=1S/C23H26F3N3O8/c1-3-28(22(34)23(24,25)26)13(2)10-14-4-5-15-16(11-14)36-21(35-15)12-27-17(30)6-9-20(33)37-29-18(31)7-8-19(29)32/h4-5,11,13,21H,3,6-10,12H2,1-2H3,(H,27,30). The molecule has 0 radical (unpaired) electrons. The van der Waals surface area contributed by atoms with Crippen LogP contribution in [0.2, 0.25) is 0 Å². The SMILES string of the molecule is CCN(C(=O)C(F)(F)F)C(C)Cc1ccc2c(c1)OC(CNC(=O)CCC(=O)ON1C(=O)CCC1=O)O2. The van der Waals surface area contributed by atoms with Gasteiger partial charge in [0.25, 0.3) is 18.1 Å². The zero-order valence-electron chi connectivity index (χ0n) is 20.1. The lowest BCUT2D eigenvalue weighted by Crippen LogP contribution is -2.46. The van der Waals surface area contributed by atoms with Gasteiger partial charge in [-0.1, -0.05) is 6.07 Å². The predicted octanol–water partition coefficient (Wildman–Crippen LogP) is 1.63. The second-order valence-electron chi connectivity index (χ2n) is 8.44. The summed E-state index contributed by atoms with van der Waals surface area (Å²) in [6.07, 6.45) is -6.37. The minimum absolute atomic E-state index is 0.0359. The highest BCUT2D eigenvalue weighted by molar-refractivity contribution is 6.01. The van der Waals surface area contributed by atoms with Crippen molar-refractivity contribution in [2.75, 3.05) is 13.1 Å². The van der Waals surface area contributed by atoms with Crippen LogP contribution in [0.4, 0.5) is 13.2 Å². The van der Waals surface area contributed by atoms with Crippen LogP contribution in [0.25, 0.3) is 0 Å². The fourth-order valence-corrected chi connectivity index (χ4v) is 3.84. The third kappa shape index (κ3) is 7.11. The number of fused-ring (bicyclic) bond motifs is 1. The van der Waals surface area contributed by atoms with Gasteiger partial charge in [-0.25, -0.2) is 4.79 Å². The smallest absolute Gasteiger partial charge is 0.449 e. The minimum Gasteiger partial charge on any atom is -0.449 e. The largest absolute Gasteiger partial charge is 0.471 e. The zero-order valence-corrected chi connectivity index (χ0v) is 20.1. The van der Waals surface area contributed by atoms with E-state index in [0.717, 1.165) is 4.90 Å². The Morgan fingerprint density at radius 3 is 2.41 bits per heavy atom. The first-order chi connectivity index (χ1) is 17.4. The van der Waals surface area contributed by atoms with Crippen molar-refractivity contribution in [3.8, 4) is 11.5 Å². The van der Waals surface area contributed by atoms with E-state index < -0.39 is 48.1 Å². The summed E-state index contributed by atoms with van der Waals surface area (Å²) >= 11 is 0. The average molecular weight is 529 g/mol. The molecule has 0 aliphatic carbocycles. The van der Waals surface area contributed by atoms with Gasteiger partial charge in [-0.2, -0.15) is 13.2 Å². The Morgan fingerprint density at radius 1 is 1.14 bits per heavy atom. The zero-order chi connectivity index (χ0) is 27.3. The second-order valence-corrected chi connectivity index (χ2v) is 8.44. The Labute approximate surface area is 209 Å². The molecule has 0 bridgehead atoms. The van der Waals surface area contributed by atoms with Crippen LogP contribution in [-0.4, -0.2) is 71.2 Å². The number of rotatable bonds is 10. The first kappa shape index (κ1) is 27.7. The molecule has 2 aliphatic heterocycles. The minimum atomic E-state index is -4.96. The van der Waals surface area contributed by atoms with Crippen molar-refractivity contribution in [2.45, 2.75) is 64.5 Å². The fourth-order valence-electron chi connectivity index (χ4n) is 3.84. The second kappa shape index (κ2) is 11.5. The summed E-state index contributed by atoms with van der Waals surface area (Å²) in [5.41, 5.74) is 0.626.